The quantitative estimate of drug-likeness (QED) is 0.564. The van der Waals surface area contributed by atoms with Crippen LogP contribution in [0.2, 0.25) is 0 Å². The van der Waals surface area contributed by atoms with E-state index < -0.39 is 0 Å². The third-order valence-electron chi connectivity index (χ3n) is 3.99. The first-order chi connectivity index (χ1) is 13.6. The molecule has 3 aromatic rings. The SMILES string of the molecule is COc1ccc(CNC(=O)CSc2ncc(-c3ccc(F)cc3)[nH]2)cc1OC. The lowest BCUT2D eigenvalue weighted by Crippen LogP contribution is -2.24. The minimum absolute atomic E-state index is 0.112. The van der Waals surface area contributed by atoms with Gasteiger partial charge in [-0.25, -0.2) is 9.37 Å². The van der Waals surface area contributed by atoms with E-state index >= 15 is 0 Å². The van der Waals surface area contributed by atoms with Crippen LogP contribution >= 0.6 is 11.8 Å². The molecule has 1 heterocycles. The van der Waals surface area contributed by atoms with E-state index in [2.05, 4.69) is 15.3 Å². The standard InChI is InChI=1S/C20H20FN3O3S/c1-26-17-8-3-13(9-18(17)27-2)10-22-19(25)12-28-20-23-11-16(24-20)14-4-6-15(21)7-5-14/h3-9,11H,10,12H2,1-2H3,(H,22,25)(H,23,24). The zero-order valence-electron chi connectivity index (χ0n) is 15.5. The number of rotatable bonds is 8. The minimum Gasteiger partial charge on any atom is -0.493 e. The maximum absolute atomic E-state index is 13.0. The molecule has 0 aliphatic rings. The maximum Gasteiger partial charge on any atom is 0.230 e. The molecule has 2 N–H and O–H groups in total. The fourth-order valence-electron chi connectivity index (χ4n) is 2.53. The molecule has 0 radical (unpaired) electrons. The summed E-state index contributed by atoms with van der Waals surface area (Å²) in [6.07, 6.45) is 1.66. The number of carbonyl (C=O) groups is 1. The van der Waals surface area contributed by atoms with E-state index in [1.165, 1.54) is 23.9 Å². The van der Waals surface area contributed by atoms with Gasteiger partial charge >= 0.3 is 0 Å². The molecule has 2 aromatic carbocycles. The van der Waals surface area contributed by atoms with Crippen molar-refractivity contribution < 1.29 is 18.7 Å². The lowest BCUT2D eigenvalue weighted by Gasteiger charge is -2.10. The summed E-state index contributed by atoms with van der Waals surface area (Å²) >= 11 is 1.30. The second-order valence-electron chi connectivity index (χ2n) is 5.86. The summed E-state index contributed by atoms with van der Waals surface area (Å²) in [6.45, 7) is 0.388. The van der Waals surface area contributed by atoms with Gasteiger partial charge in [-0.15, -0.1) is 0 Å². The Balaban J connectivity index is 1.50. The molecule has 1 aromatic heterocycles. The van der Waals surface area contributed by atoms with Crippen LogP contribution in [0, 0.1) is 5.82 Å². The number of nitrogens with one attached hydrogen (secondary N) is 2. The number of aromatic nitrogens is 2. The van der Waals surface area contributed by atoms with E-state index in [1.54, 1.807) is 38.6 Å². The van der Waals surface area contributed by atoms with Gasteiger partial charge in [0.25, 0.3) is 0 Å². The predicted molar refractivity (Wildman–Crippen MR) is 106 cm³/mol. The lowest BCUT2D eigenvalue weighted by atomic mass is 10.2. The summed E-state index contributed by atoms with van der Waals surface area (Å²) in [4.78, 5) is 19.5. The molecular formula is C20H20FN3O3S. The maximum atomic E-state index is 13.0. The third-order valence-corrected chi connectivity index (χ3v) is 4.87. The molecule has 0 saturated carbocycles. The highest BCUT2D eigenvalue weighted by molar-refractivity contribution is 7.99. The number of ether oxygens (including phenoxy) is 2. The Kier molecular flexibility index (Phi) is 6.54. The number of H-pyrrole nitrogens is 1. The molecule has 0 aliphatic carbocycles. The lowest BCUT2D eigenvalue weighted by molar-refractivity contribution is -0.118. The predicted octanol–water partition coefficient (Wildman–Crippen LogP) is 3.64. The van der Waals surface area contributed by atoms with Crippen molar-refractivity contribution in [2.45, 2.75) is 11.7 Å². The molecule has 3 rings (SSSR count). The summed E-state index contributed by atoms with van der Waals surface area (Å²) in [5, 5.41) is 3.49. The molecule has 0 fully saturated rings. The highest BCUT2D eigenvalue weighted by atomic mass is 32.2. The largest absolute Gasteiger partial charge is 0.493 e. The monoisotopic (exact) mass is 401 g/mol. The van der Waals surface area contributed by atoms with Gasteiger partial charge in [-0.05, 0) is 47.5 Å². The van der Waals surface area contributed by atoms with Crippen molar-refractivity contribution in [2.24, 2.45) is 0 Å². The van der Waals surface area contributed by atoms with Gasteiger partial charge in [0, 0.05) is 6.54 Å². The van der Waals surface area contributed by atoms with Gasteiger partial charge in [0.2, 0.25) is 5.91 Å². The van der Waals surface area contributed by atoms with Crippen LogP contribution in [0.1, 0.15) is 5.56 Å². The number of methoxy groups -OCH3 is 2. The van der Waals surface area contributed by atoms with Crippen LogP contribution in [-0.4, -0.2) is 35.8 Å². The Bertz CT molecular complexity index is 944. The van der Waals surface area contributed by atoms with Crippen molar-refractivity contribution >= 4 is 17.7 Å². The number of aromatic amines is 1. The van der Waals surface area contributed by atoms with Crippen LogP contribution in [-0.2, 0) is 11.3 Å². The zero-order valence-corrected chi connectivity index (χ0v) is 16.3. The van der Waals surface area contributed by atoms with Crippen LogP contribution in [0.5, 0.6) is 11.5 Å². The van der Waals surface area contributed by atoms with Gasteiger partial charge in [0.1, 0.15) is 5.82 Å². The average Bonchev–Trinajstić information content (AvgIpc) is 3.20. The van der Waals surface area contributed by atoms with Gasteiger partial charge in [0.15, 0.2) is 16.7 Å². The number of imidazole rings is 1. The minimum atomic E-state index is -0.288. The van der Waals surface area contributed by atoms with Crippen LogP contribution in [0.25, 0.3) is 11.3 Å². The van der Waals surface area contributed by atoms with Gasteiger partial charge in [0.05, 0.1) is 31.9 Å². The number of halogens is 1. The van der Waals surface area contributed by atoms with Crippen LogP contribution in [0.3, 0.4) is 0 Å². The van der Waals surface area contributed by atoms with Gasteiger partial charge in [-0.2, -0.15) is 0 Å². The molecule has 0 saturated heterocycles. The van der Waals surface area contributed by atoms with E-state index in [-0.39, 0.29) is 17.5 Å². The number of hydrogen-bond donors (Lipinski definition) is 2. The van der Waals surface area contributed by atoms with Crippen LogP contribution in [0.15, 0.2) is 53.8 Å². The molecule has 0 bridgehead atoms. The van der Waals surface area contributed by atoms with E-state index in [0.29, 0.717) is 23.2 Å². The third kappa shape index (κ3) is 5.04. The smallest absolute Gasteiger partial charge is 0.230 e. The van der Waals surface area contributed by atoms with Gasteiger partial charge < -0.3 is 19.8 Å². The number of carbonyl (C=O) groups excluding carboxylic acids is 1. The summed E-state index contributed by atoms with van der Waals surface area (Å²) in [5.41, 5.74) is 2.51. The summed E-state index contributed by atoms with van der Waals surface area (Å²) in [7, 11) is 3.15. The summed E-state index contributed by atoms with van der Waals surface area (Å²) in [5.74, 6) is 1.09. The van der Waals surface area contributed by atoms with Gasteiger partial charge in [-0.3, -0.25) is 4.79 Å². The Hall–Kier alpha value is -3.00. The molecule has 146 valence electrons. The number of benzene rings is 2. The number of nitrogens with zero attached hydrogens (tertiary/aromatic N) is 1. The van der Waals surface area contributed by atoms with Crippen molar-refractivity contribution in [3.8, 4) is 22.8 Å². The summed E-state index contributed by atoms with van der Waals surface area (Å²) in [6, 6.07) is 11.6. The van der Waals surface area contributed by atoms with E-state index in [0.717, 1.165) is 16.8 Å². The van der Waals surface area contributed by atoms with Crippen molar-refractivity contribution in [1.82, 2.24) is 15.3 Å². The number of amides is 1. The Morgan fingerprint density at radius 2 is 1.89 bits per heavy atom. The van der Waals surface area contributed by atoms with Crippen molar-refractivity contribution in [3.63, 3.8) is 0 Å². The van der Waals surface area contributed by atoms with E-state index in [9.17, 15) is 9.18 Å². The molecule has 0 aliphatic heterocycles. The zero-order chi connectivity index (χ0) is 19.9. The second kappa shape index (κ2) is 9.27. The van der Waals surface area contributed by atoms with Crippen molar-refractivity contribution in [3.05, 3.63) is 60.0 Å². The Morgan fingerprint density at radius 1 is 1.14 bits per heavy atom. The Labute approximate surface area is 166 Å². The normalized spacial score (nSPS) is 10.5. The number of hydrogen-bond acceptors (Lipinski definition) is 5. The molecule has 8 heteroatoms. The molecule has 0 unspecified atom stereocenters. The molecule has 28 heavy (non-hydrogen) atoms. The van der Waals surface area contributed by atoms with Crippen molar-refractivity contribution in [2.75, 3.05) is 20.0 Å². The highest BCUT2D eigenvalue weighted by Crippen LogP contribution is 2.27. The fourth-order valence-corrected chi connectivity index (χ4v) is 3.21. The van der Waals surface area contributed by atoms with Crippen molar-refractivity contribution in [1.29, 1.82) is 0 Å². The van der Waals surface area contributed by atoms with E-state index in [1.807, 2.05) is 12.1 Å². The van der Waals surface area contributed by atoms with Crippen LogP contribution < -0.4 is 14.8 Å². The molecule has 1 amide bonds. The second-order valence-corrected chi connectivity index (χ2v) is 6.83. The van der Waals surface area contributed by atoms with Gasteiger partial charge in [-0.1, -0.05) is 17.8 Å². The molecule has 0 spiro atoms. The topological polar surface area (TPSA) is 76.2 Å². The number of thioether (sulfide) groups is 1. The first kappa shape index (κ1) is 19.8. The highest BCUT2D eigenvalue weighted by Gasteiger charge is 2.09. The molecule has 6 nitrogen and oxygen atoms in total. The average molecular weight is 401 g/mol. The van der Waals surface area contributed by atoms with Crippen LogP contribution in [0.4, 0.5) is 4.39 Å². The van der Waals surface area contributed by atoms with E-state index in [4.69, 9.17) is 9.47 Å². The first-order valence-electron chi connectivity index (χ1n) is 8.50. The molecular weight excluding hydrogens is 381 g/mol. The summed E-state index contributed by atoms with van der Waals surface area (Å²) < 4.78 is 23.5. The first-order valence-corrected chi connectivity index (χ1v) is 9.49. The Morgan fingerprint density at radius 3 is 2.61 bits per heavy atom. The molecule has 0 atom stereocenters. The fraction of sp³-hybridized carbons (Fsp3) is 0.200.